The van der Waals surface area contributed by atoms with E-state index in [-0.39, 0.29) is 11.5 Å². The molecule has 40 heavy (non-hydrogen) atoms. The number of benzene rings is 3. The van der Waals surface area contributed by atoms with Crippen LogP contribution in [0.1, 0.15) is 27.0 Å². The molecule has 5 rings (SSSR count). The Hall–Kier alpha value is -4.43. The first-order valence-electron chi connectivity index (χ1n) is 11.8. The molecule has 2 aromatic heterocycles. The highest BCUT2D eigenvalue weighted by Crippen LogP contribution is 2.27. The standard InChI is InChI=1S/C28H19Cl2N7O2S/c29-23-8-7-20(11-24(23)30)26(38)34-21-6-2-4-18(10-21)14-40-28-35-25(22(12-31)27(39)36-28)19-5-1-3-17(9-19)13-37-16-32-15-33-37/h1-11,15-16H,13-14H2,(H,34,38)(H,35,36,39). The van der Waals surface area contributed by atoms with Crippen LogP contribution in [0.3, 0.4) is 0 Å². The molecule has 0 bridgehead atoms. The van der Waals surface area contributed by atoms with Crippen molar-refractivity contribution < 1.29 is 4.79 Å². The van der Waals surface area contributed by atoms with Crippen molar-refractivity contribution in [3.05, 3.63) is 122 Å². The first-order chi connectivity index (χ1) is 19.4. The fourth-order valence-electron chi connectivity index (χ4n) is 3.88. The van der Waals surface area contributed by atoms with Gasteiger partial charge in [-0.05, 0) is 47.5 Å². The highest BCUT2D eigenvalue weighted by molar-refractivity contribution is 7.98. The van der Waals surface area contributed by atoms with Crippen molar-refractivity contribution in [1.82, 2.24) is 24.7 Å². The number of nitriles is 1. The number of nitrogens with one attached hydrogen (secondary N) is 2. The van der Waals surface area contributed by atoms with E-state index < -0.39 is 5.56 Å². The number of H-pyrrole nitrogens is 1. The number of aromatic amines is 1. The van der Waals surface area contributed by atoms with Crippen LogP contribution in [0.4, 0.5) is 5.69 Å². The van der Waals surface area contributed by atoms with Crippen LogP contribution in [0.5, 0.6) is 0 Å². The fraction of sp³-hybridized carbons (Fsp3) is 0.0714. The molecule has 1 amide bonds. The Kier molecular flexibility index (Phi) is 8.26. The lowest BCUT2D eigenvalue weighted by atomic mass is 10.0. The minimum atomic E-state index is -0.515. The Bertz CT molecular complexity index is 1800. The zero-order valence-electron chi connectivity index (χ0n) is 20.6. The molecule has 0 aliphatic carbocycles. The predicted molar refractivity (Wildman–Crippen MR) is 155 cm³/mol. The number of carbonyl (C=O) groups is 1. The molecule has 0 saturated heterocycles. The number of halogens is 2. The van der Waals surface area contributed by atoms with E-state index in [1.165, 1.54) is 24.2 Å². The van der Waals surface area contributed by atoms with Crippen molar-refractivity contribution in [2.45, 2.75) is 17.5 Å². The monoisotopic (exact) mass is 587 g/mol. The zero-order valence-corrected chi connectivity index (χ0v) is 23.0. The SMILES string of the molecule is N#Cc1c(-c2cccc(Cn3cncn3)c2)nc(SCc2cccc(NC(=O)c3ccc(Cl)c(Cl)c3)c2)[nH]c1=O. The maximum atomic E-state index is 12.8. The second kappa shape index (κ2) is 12.2. The average molecular weight is 588 g/mol. The Morgan fingerprint density at radius 3 is 2.65 bits per heavy atom. The molecule has 5 aromatic rings. The second-order valence-electron chi connectivity index (χ2n) is 8.57. The Morgan fingerprint density at radius 1 is 1.05 bits per heavy atom. The Balaban J connectivity index is 1.33. The lowest BCUT2D eigenvalue weighted by molar-refractivity contribution is 0.102. The van der Waals surface area contributed by atoms with Crippen LogP contribution in [0.25, 0.3) is 11.3 Å². The summed E-state index contributed by atoms with van der Waals surface area (Å²) in [5.74, 6) is 0.133. The molecular formula is C28H19Cl2N7O2S. The van der Waals surface area contributed by atoms with Gasteiger partial charge in [0.2, 0.25) is 0 Å². The zero-order chi connectivity index (χ0) is 28.1. The predicted octanol–water partition coefficient (Wildman–Crippen LogP) is 5.80. The number of thioether (sulfide) groups is 1. The highest BCUT2D eigenvalue weighted by Gasteiger charge is 2.15. The van der Waals surface area contributed by atoms with Crippen LogP contribution >= 0.6 is 35.0 Å². The van der Waals surface area contributed by atoms with Crippen LogP contribution in [-0.2, 0) is 12.3 Å². The maximum absolute atomic E-state index is 12.8. The summed E-state index contributed by atoms with van der Waals surface area (Å²) in [4.78, 5) is 36.7. The third-order valence-corrected chi connectivity index (χ3v) is 7.45. The van der Waals surface area contributed by atoms with E-state index in [1.54, 1.807) is 29.2 Å². The highest BCUT2D eigenvalue weighted by atomic mass is 35.5. The van der Waals surface area contributed by atoms with E-state index in [0.29, 0.717) is 50.0 Å². The van der Waals surface area contributed by atoms with Gasteiger partial charge in [-0.1, -0.05) is 65.3 Å². The molecule has 0 aliphatic rings. The number of nitrogens with zero attached hydrogens (tertiary/aromatic N) is 5. The van der Waals surface area contributed by atoms with Gasteiger partial charge in [0.05, 0.1) is 22.3 Å². The minimum absolute atomic E-state index is 0.0609. The van der Waals surface area contributed by atoms with Crippen molar-refractivity contribution in [2.24, 2.45) is 0 Å². The topological polar surface area (TPSA) is 129 Å². The van der Waals surface area contributed by atoms with Gasteiger partial charge in [-0.25, -0.2) is 14.6 Å². The molecule has 0 aliphatic heterocycles. The largest absolute Gasteiger partial charge is 0.322 e. The summed E-state index contributed by atoms with van der Waals surface area (Å²) in [7, 11) is 0. The molecule has 0 fully saturated rings. The van der Waals surface area contributed by atoms with Crippen LogP contribution in [0.15, 0.2) is 89.3 Å². The lowest BCUT2D eigenvalue weighted by Gasteiger charge is -2.10. The number of carbonyl (C=O) groups excluding carboxylic acids is 1. The van der Waals surface area contributed by atoms with E-state index >= 15 is 0 Å². The summed E-state index contributed by atoms with van der Waals surface area (Å²) in [5.41, 5.74) is 3.16. The van der Waals surface area contributed by atoms with Gasteiger partial charge in [0.25, 0.3) is 11.5 Å². The van der Waals surface area contributed by atoms with Crippen LogP contribution in [0.2, 0.25) is 10.0 Å². The van der Waals surface area contributed by atoms with E-state index in [2.05, 4.69) is 25.4 Å². The van der Waals surface area contributed by atoms with E-state index in [9.17, 15) is 14.9 Å². The molecule has 9 nitrogen and oxygen atoms in total. The van der Waals surface area contributed by atoms with Gasteiger partial charge < -0.3 is 10.3 Å². The lowest BCUT2D eigenvalue weighted by Crippen LogP contribution is -2.15. The summed E-state index contributed by atoms with van der Waals surface area (Å²) in [6.07, 6.45) is 3.07. The van der Waals surface area contributed by atoms with Gasteiger partial charge >= 0.3 is 0 Å². The average Bonchev–Trinajstić information content (AvgIpc) is 3.46. The third kappa shape index (κ3) is 6.40. The number of hydrogen-bond acceptors (Lipinski definition) is 7. The minimum Gasteiger partial charge on any atom is -0.322 e. The molecule has 2 heterocycles. The molecular weight excluding hydrogens is 569 g/mol. The van der Waals surface area contributed by atoms with Crippen LogP contribution in [-0.4, -0.2) is 30.6 Å². The molecule has 0 spiro atoms. The van der Waals surface area contributed by atoms with Gasteiger partial charge in [0.1, 0.15) is 24.3 Å². The van der Waals surface area contributed by atoms with Gasteiger partial charge in [-0.15, -0.1) is 0 Å². The third-order valence-electron chi connectivity index (χ3n) is 5.76. The normalized spacial score (nSPS) is 10.7. The van der Waals surface area contributed by atoms with Crippen LogP contribution in [0, 0.1) is 11.3 Å². The Morgan fingerprint density at radius 2 is 1.88 bits per heavy atom. The molecule has 0 unspecified atom stereocenters. The van der Waals surface area contributed by atoms with E-state index in [4.69, 9.17) is 23.2 Å². The first-order valence-corrected chi connectivity index (χ1v) is 13.6. The van der Waals surface area contributed by atoms with E-state index in [1.807, 2.05) is 48.5 Å². The van der Waals surface area contributed by atoms with Gasteiger partial charge in [-0.2, -0.15) is 10.4 Å². The smallest absolute Gasteiger partial charge is 0.270 e. The Labute approximate surface area is 242 Å². The summed E-state index contributed by atoms with van der Waals surface area (Å²) in [6.45, 7) is 0.485. The van der Waals surface area contributed by atoms with E-state index in [0.717, 1.165) is 11.1 Å². The molecule has 0 atom stereocenters. The van der Waals surface area contributed by atoms with Gasteiger partial charge in [0.15, 0.2) is 5.16 Å². The summed E-state index contributed by atoms with van der Waals surface area (Å²) < 4.78 is 1.68. The number of rotatable bonds is 8. The molecule has 3 aromatic carbocycles. The molecule has 198 valence electrons. The molecule has 0 radical (unpaired) electrons. The van der Waals surface area contributed by atoms with Gasteiger partial charge in [-0.3, -0.25) is 9.59 Å². The molecule has 0 saturated carbocycles. The number of anilines is 1. The second-order valence-corrected chi connectivity index (χ2v) is 10.4. The van der Waals surface area contributed by atoms with Gasteiger partial charge in [0, 0.05) is 22.6 Å². The van der Waals surface area contributed by atoms with Crippen molar-refractivity contribution in [3.8, 4) is 17.3 Å². The number of amides is 1. The maximum Gasteiger partial charge on any atom is 0.270 e. The fourth-order valence-corrected chi connectivity index (χ4v) is 4.98. The molecule has 2 N–H and O–H groups in total. The van der Waals surface area contributed by atoms with Crippen LogP contribution < -0.4 is 10.9 Å². The summed E-state index contributed by atoms with van der Waals surface area (Å²) in [5, 5.41) is 17.7. The first kappa shape index (κ1) is 27.1. The van der Waals surface area contributed by atoms with Crippen molar-refractivity contribution in [1.29, 1.82) is 5.26 Å². The summed E-state index contributed by atoms with van der Waals surface area (Å²) >= 11 is 13.3. The number of hydrogen-bond donors (Lipinski definition) is 2. The number of aromatic nitrogens is 5. The quantitative estimate of drug-likeness (QED) is 0.173. The van der Waals surface area contributed by atoms with Crippen molar-refractivity contribution >= 4 is 46.6 Å². The van der Waals surface area contributed by atoms with Crippen molar-refractivity contribution in [3.63, 3.8) is 0 Å². The van der Waals surface area contributed by atoms with Crippen molar-refractivity contribution in [2.75, 3.05) is 5.32 Å². The summed E-state index contributed by atoms with van der Waals surface area (Å²) in [6, 6.07) is 21.4. The molecule has 12 heteroatoms.